The Balaban J connectivity index is 4.53. The van der Waals surface area contributed by atoms with E-state index in [1.165, 1.54) is 0 Å². The molecule has 0 saturated heterocycles. The van der Waals surface area contributed by atoms with Gasteiger partial charge in [0.05, 0.1) is 0 Å². The van der Waals surface area contributed by atoms with Gasteiger partial charge in [-0.2, -0.15) is 0 Å². The van der Waals surface area contributed by atoms with E-state index < -0.39 is 8.07 Å². The maximum atomic E-state index is 12.2. The average molecular weight is 256 g/mol. The van der Waals surface area contributed by atoms with Crippen LogP contribution in [0.3, 0.4) is 0 Å². The predicted molar refractivity (Wildman–Crippen MR) is 75.6 cm³/mol. The predicted octanol–water partition coefficient (Wildman–Crippen LogP) is 3.78. The van der Waals surface area contributed by atoms with Gasteiger partial charge in [-0.05, 0) is 11.8 Å². The van der Waals surface area contributed by atoms with Crippen LogP contribution >= 0.6 is 0 Å². The van der Waals surface area contributed by atoms with Gasteiger partial charge in [0.15, 0.2) is 0 Å². The SMILES string of the molecule is CCC(C)CC(=O)[Si](C)(C)C(=O)CC(C)CC. The van der Waals surface area contributed by atoms with Crippen LogP contribution in [0.15, 0.2) is 0 Å². The Hall–Kier alpha value is -0.443. The van der Waals surface area contributed by atoms with Crippen molar-refractivity contribution in [2.24, 2.45) is 11.8 Å². The van der Waals surface area contributed by atoms with E-state index in [9.17, 15) is 9.59 Å². The molecule has 0 rings (SSSR count). The first kappa shape index (κ1) is 16.6. The smallest absolute Gasteiger partial charge is 0.202 e. The molecule has 0 aromatic heterocycles. The quantitative estimate of drug-likeness (QED) is 0.619. The fourth-order valence-corrected chi connectivity index (χ4v) is 3.62. The van der Waals surface area contributed by atoms with Crippen LogP contribution in [0, 0.1) is 11.8 Å². The summed E-state index contributed by atoms with van der Waals surface area (Å²) in [5.41, 5.74) is 0. The van der Waals surface area contributed by atoms with Gasteiger partial charge >= 0.3 is 0 Å². The first-order chi connectivity index (χ1) is 7.75. The second-order valence-electron chi connectivity index (χ2n) is 5.91. The average Bonchev–Trinajstić information content (AvgIpc) is 2.28. The normalized spacial score (nSPS) is 15.4. The van der Waals surface area contributed by atoms with Crippen LogP contribution in [-0.2, 0) is 9.59 Å². The van der Waals surface area contributed by atoms with Crippen molar-refractivity contribution in [1.82, 2.24) is 0 Å². The minimum atomic E-state index is -2.35. The summed E-state index contributed by atoms with van der Waals surface area (Å²) in [6, 6.07) is 0. The van der Waals surface area contributed by atoms with Crippen LogP contribution < -0.4 is 0 Å². The van der Waals surface area contributed by atoms with E-state index in [1.54, 1.807) is 0 Å². The molecule has 0 aromatic rings. The van der Waals surface area contributed by atoms with E-state index >= 15 is 0 Å². The molecule has 3 heteroatoms. The lowest BCUT2D eigenvalue weighted by Crippen LogP contribution is -2.47. The van der Waals surface area contributed by atoms with Crippen molar-refractivity contribution in [3.05, 3.63) is 0 Å². The summed E-state index contributed by atoms with van der Waals surface area (Å²) in [7, 11) is -2.35. The lowest BCUT2D eigenvalue weighted by Gasteiger charge is -2.22. The third-order valence-electron chi connectivity index (χ3n) is 3.86. The molecule has 2 unspecified atom stereocenters. The topological polar surface area (TPSA) is 34.1 Å². The molecule has 0 aliphatic rings. The summed E-state index contributed by atoms with van der Waals surface area (Å²) in [5.74, 6) is 0.816. The fraction of sp³-hybridized carbons (Fsp3) is 0.857. The van der Waals surface area contributed by atoms with Gasteiger partial charge in [0.1, 0.15) is 10.8 Å². The first-order valence-electron chi connectivity index (χ1n) is 6.82. The van der Waals surface area contributed by atoms with Crippen molar-refractivity contribution in [2.75, 3.05) is 0 Å². The molecule has 0 radical (unpaired) electrons. The molecule has 0 saturated carbocycles. The van der Waals surface area contributed by atoms with E-state index in [4.69, 9.17) is 0 Å². The van der Waals surface area contributed by atoms with E-state index in [2.05, 4.69) is 27.7 Å². The van der Waals surface area contributed by atoms with Gasteiger partial charge in [-0.15, -0.1) is 0 Å². The Morgan fingerprint density at radius 2 is 1.18 bits per heavy atom. The Kier molecular flexibility index (Phi) is 6.91. The van der Waals surface area contributed by atoms with Gasteiger partial charge in [-0.1, -0.05) is 53.6 Å². The number of hydrogen-bond acceptors (Lipinski definition) is 2. The van der Waals surface area contributed by atoms with Crippen molar-refractivity contribution < 1.29 is 9.59 Å². The van der Waals surface area contributed by atoms with E-state index in [-0.39, 0.29) is 10.8 Å². The van der Waals surface area contributed by atoms with Crippen molar-refractivity contribution in [1.29, 1.82) is 0 Å². The number of rotatable bonds is 8. The maximum absolute atomic E-state index is 12.2. The van der Waals surface area contributed by atoms with Crippen molar-refractivity contribution >= 4 is 18.9 Å². The molecule has 0 heterocycles. The van der Waals surface area contributed by atoms with E-state index in [0.29, 0.717) is 24.7 Å². The summed E-state index contributed by atoms with van der Waals surface area (Å²) in [5, 5.41) is 0.473. The van der Waals surface area contributed by atoms with Gasteiger partial charge in [-0.25, -0.2) is 0 Å². The standard InChI is InChI=1S/C14H28O2Si/c1-7-11(3)9-13(15)17(5,6)14(16)10-12(4)8-2/h11-12H,7-10H2,1-6H3. The zero-order valence-electron chi connectivity index (χ0n) is 12.3. The second kappa shape index (κ2) is 7.09. The van der Waals surface area contributed by atoms with Crippen LogP contribution in [0.25, 0.3) is 0 Å². The summed E-state index contributed by atoms with van der Waals surface area (Å²) in [4.78, 5) is 24.4. The van der Waals surface area contributed by atoms with Crippen LogP contribution in [-0.4, -0.2) is 18.9 Å². The third kappa shape index (κ3) is 5.15. The minimum Gasteiger partial charge on any atom is -0.305 e. The lowest BCUT2D eigenvalue weighted by molar-refractivity contribution is -0.117. The van der Waals surface area contributed by atoms with Gasteiger partial charge in [-0.3, -0.25) is 0 Å². The lowest BCUT2D eigenvalue weighted by atomic mass is 10.1. The van der Waals surface area contributed by atoms with Crippen LogP contribution in [0.4, 0.5) is 0 Å². The number of carbonyl (C=O) groups is 2. The highest BCUT2D eigenvalue weighted by Crippen LogP contribution is 2.19. The van der Waals surface area contributed by atoms with E-state index in [0.717, 1.165) is 12.8 Å². The molecule has 0 N–H and O–H groups in total. The Labute approximate surface area is 107 Å². The molecule has 0 aliphatic heterocycles. The van der Waals surface area contributed by atoms with Gasteiger partial charge in [0, 0.05) is 12.8 Å². The Morgan fingerprint density at radius 3 is 1.41 bits per heavy atom. The molecule has 100 valence electrons. The molecule has 17 heavy (non-hydrogen) atoms. The molecular formula is C14H28O2Si. The Bertz CT molecular complexity index is 245. The summed E-state index contributed by atoms with van der Waals surface area (Å²) in [6.45, 7) is 12.2. The monoisotopic (exact) mass is 256 g/mol. The Morgan fingerprint density at radius 1 is 0.882 bits per heavy atom. The number of carbonyl (C=O) groups excluding carboxylic acids is 2. The highest BCUT2D eigenvalue weighted by Gasteiger charge is 2.38. The summed E-state index contributed by atoms with van der Waals surface area (Å²) < 4.78 is 0. The second-order valence-corrected chi connectivity index (χ2v) is 10.3. The molecule has 0 spiro atoms. The molecular weight excluding hydrogens is 228 g/mol. The molecule has 0 amide bonds. The third-order valence-corrected chi connectivity index (χ3v) is 7.05. The van der Waals surface area contributed by atoms with Crippen molar-refractivity contribution in [2.45, 2.75) is 66.5 Å². The zero-order valence-corrected chi connectivity index (χ0v) is 13.3. The molecule has 0 fully saturated rings. The molecule has 2 nitrogen and oxygen atoms in total. The maximum Gasteiger partial charge on any atom is 0.202 e. The van der Waals surface area contributed by atoms with Crippen LogP contribution in [0.5, 0.6) is 0 Å². The highest BCUT2D eigenvalue weighted by atomic mass is 28.3. The van der Waals surface area contributed by atoms with Crippen LogP contribution in [0.2, 0.25) is 13.1 Å². The molecule has 2 atom stereocenters. The van der Waals surface area contributed by atoms with Gasteiger partial charge < -0.3 is 9.59 Å². The summed E-state index contributed by atoms with van der Waals surface area (Å²) >= 11 is 0. The van der Waals surface area contributed by atoms with Crippen LogP contribution in [0.1, 0.15) is 53.4 Å². The molecule has 0 bridgehead atoms. The minimum absolute atomic E-state index is 0.236. The van der Waals surface area contributed by atoms with Crippen molar-refractivity contribution in [3.8, 4) is 0 Å². The first-order valence-corrected chi connectivity index (χ1v) is 9.82. The summed E-state index contributed by atoms with van der Waals surface area (Å²) in [6.07, 6.45) is 3.19. The van der Waals surface area contributed by atoms with Crippen molar-refractivity contribution in [3.63, 3.8) is 0 Å². The van der Waals surface area contributed by atoms with Gasteiger partial charge in [0.25, 0.3) is 0 Å². The zero-order chi connectivity index (χ0) is 13.6. The highest BCUT2D eigenvalue weighted by molar-refractivity contribution is 7.23. The number of hydrogen-bond donors (Lipinski definition) is 0. The van der Waals surface area contributed by atoms with E-state index in [1.807, 2.05) is 13.1 Å². The largest absolute Gasteiger partial charge is 0.305 e. The molecule has 0 aliphatic carbocycles. The fourth-order valence-electron chi connectivity index (χ4n) is 1.59. The molecule has 0 aromatic carbocycles. The van der Waals surface area contributed by atoms with Gasteiger partial charge in [0.2, 0.25) is 8.07 Å².